The largest absolute Gasteiger partial charge is 0.481 e. The molecule has 1 aliphatic rings. The summed E-state index contributed by atoms with van der Waals surface area (Å²) < 4.78 is 37.8. The minimum Gasteiger partial charge on any atom is -0.481 e. The van der Waals surface area contributed by atoms with Crippen LogP contribution in [0.15, 0.2) is 24.3 Å². The van der Waals surface area contributed by atoms with E-state index in [0.717, 1.165) is 49.8 Å². The van der Waals surface area contributed by atoms with Crippen molar-refractivity contribution < 1.29 is 23.1 Å². The molecule has 1 saturated carbocycles. The van der Waals surface area contributed by atoms with Gasteiger partial charge in [-0.25, -0.2) is 0 Å². The number of alkyl halides is 3. The van der Waals surface area contributed by atoms with Gasteiger partial charge in [0.05, 0.1) is 5.56 Å². The van der Waals surface area contributed by atoms with E-state index in [1.54, 1.807) is 0 Å². The van der Waals surface area contributed by atoms with Crippen LogP contribution in [0.2, 0.25) is 0 Å². The Bertz CT molecular complexity index is 479. The predicted molar refractivity (Wildman–Crippen MR) is 73.0 cm³/mol. The molecular formula is C16H19F3O2. The monoisotopic (exact) mass is 300 g/mol. The van der Waals surface area contributed by atoms with Gasteiger partial charge in [0.2, 0.25) is 0 Å². The van der Waals surface area contributed by atoms with Crippen LogP contribution < -0.4 is 0 Å². The van der Waals surface area contributed by atoms with Crippen LogP contribution in [-0.4, -0.2) is 11.1 Å². The molecule has 0 spiro atoms. The zero-order valence-corrected chi connectivity index (χ0v) is 11.7. The lowest BCUT2D eigenvalue weighted by atomic mass is 9.80. The quantitative estimate of drug-likeness (QED) is 0.811. The first-order chi connectivity index (χ1) is 9.88. The maximum Gasteiger partial charge on any atom is 0.416 e. The molecule has 1 aromatic carbocycles. The van der Waals surface area contributed by atoms with Crippen LogP contribution in [0.1, 0.15) is 55.6 Å². The van der Waals surface area contributed by atoms with Crippen molar-refractivity contribution >= 4 is 5.97 Å². The molecule has 1 unspecified atom stereocenters. The van der Waals surface area contributed by atoms with E-state index in [0.29, 0.717) is 0 Å². The third-order valence-electron chi connectivity index (χ3n) is 4.26. The Morgan fingerprint density at radius 3 is 2.29 bits per heavy atom. The third kappa shape index (κ3) is 4.22. The smallest absolute Gasteiger partial charge is 0.416 e. The van der Waals surface area contributed by atoms with E-state index >= 15 is 0 Å². The number of benzene rings is 1. The number of carboxylic acids is 1. The number of carboxylic acid groups (broad SMARTS) is 1. The van der Waals surface area contributed by atoms with Gasteiger partial charge in [0.25, 0.3) is 0 Å². The Balaban J connectivity index is 2.21. The van der Waals surface area contributed by atoms with Crippen LogP contribution >= 0.6 is 0 Å². The lowest BCUT2D eigenvalue weighted by Gasteiger charge is -2.24. The molecule has 1 aromatic rings. The van der Waals surface area contributed by atoms with Gasteiger partial charge in [-0.15, -0.1) is 0 Å². The van der Waals surface area contributed by atoms with Crippen molar-refractivity contribution in [3.8, 4) is 0 Å². The standard InChI is InChI=1S/C16H19F3O2/c17-16(18,19)13-8-6-11(7-9-13)14-5-3-1-2-4-12(14)10-15(20)21/h6-9,12,14H,1-5,10H2,(H,20,21)/t12-,14?/m1/s1. The Hall–Kier alpha value is -1.52. The van der Waals surface area contributed by atoms with Crippen molar-refractivity contribution in [2.75, 3.05) is 0 Å². The van der Waals surface area contributed by atoms with E-state index in [1.165, 1.54) is 12.1 Å². The van der Waals surface area contributed by atoms with Gasteiger partial charge >= 0.3 is 12.1 Å². The van der Waals surface area contributed by atoms with E-state index in [2.05, 4.69) is 0 Å². The average molecular weight is 300 g/mol. The lowest BCUT2D eigenvalue weighted by Crippen LogP contribution is -2.16. The first-order valence-corrected chi connectivity index (χ1v) is 7.27. The number of carbonyl (C=O) groups is 1. The Morgan fingerprint density at radius 2 is 1.71 bits per heavy atom. The van der Waals surface area contributed by atoms with Gasteiger partial charge in [-0.3, -0.25) is 4.79 Å². The van der Waals surface area contributed by atoms with Crippen molar-refractivity contribution in [3.05, 3.63) is 35.4 Å². The summed E-state index contributed by atoms with van der Waals surface area (Å²) >= 11 is 0. The van der Waals surface area contributed by atoms with Gasteiger partial charge in [-0.05, 0) is 42.4 Å². The van der Waals surface area contributed by atoms with E-state index in [9.17, 15) is 18.0 Å². The van der Waals surface area contributed by atoms with Crippen LogP contribution in [0.4, 0.5) is 13.2 Å². The second kappa shape index (κ2) is 6.50. The van der Waals surface area contributed by atoms with Crippen LogP contribution in [0.5, 0.6) is 0 Å². The van der Waals surface area contributed by atoms with Crippen LogP contribution in [0, 0.1) is 5.92 Å². The first kappa shape index (κ1) is 15.9. The molecule has 1 aliphatic carbocycles. The fourth-order valence-corrected chi connectivity index (χ4v) is 3.21. The van der Waals surface area contributed by atoms with Gasteiger partial charge in [0.15, 0.2) is 0 Å². The summed E-state index contributed by atoms with van der Waals surface area (Å²) in [5.41, 5.74) is 0.172. The van der Waals surface area contributed by atoms with Crippen molar-refractivity contribution in [1.82, 2.24) is 0 Å². The second-order valence-corrected chi connectivity index (χ2v) is 5.72. The maximum atomic E-state index is 12.6. The van der Waals surface area contributed by atoms with Crippen LogP contribution in [-0.2, 0) is 11.0 Å². The summed E-state index contributed by atoms with van der Waals surface area (Å²) in [6, 6.07) is 5.21. The minimum atomic E-state index is -4.33. The van der Waals surface area contributed by atoms with Gasteiger partial charge in [0, 0.05) is 6.42 Å². The summed E-state index contributed by atoms with van der Waals surface area (Å²) in [5.74, 6) is -0.772. The molecule has 0 aliphatic heterocycles. The molecule has 0 heterocycles. The molecule has 21 heavy (non-hydrogen) atoms. The maximum absolute atomic E-state index is 12.6. The molecule has 0 aromatic heterocycles. The molecule has 0 radical (unpaired) electrons. The first-order valence-electron chi connectivity index (χ1n) is 7.27. The highest BCUT2D eigenvalue weighted by Gasteiger charge is 2.31. The molecule has 1 N–H and O–H groups in total. The summed E-state index contributed by atoms with van der Waals surface area (Å²) in [4.78, 5) is 11.0. The fraction of sp³-hybridized carbons (Fsp3) is 0.562. The van der Waals surface area contributed by atoms with E-state index in [-0.39, 0.29) is 18.3 Å². The number of hydrogen-bond donors (Lipinski definition) is 1. The number of rotatable bonds is 3. The third-order valence-corrected chi connectivity index (χ3v) is 4.26. The molecule has 1 fully saturated rings. The highest BCUT2D eigenvalue weighted by Crippen LogP contribution is 2.39. The van der Waals surface area contributed by atoms with Gasteiger partial charge in [-0.2, -0.15) is 13.2 Å². The van der Waals surface area contributed by atoms with Crippen molar-refractivity contribution in [1.29, 1.82) is 0 Å². The van der Waals surface area contributed by atoms with Crippen molar-refractivity contribution in [2.45, 2.75) is 50.6 Å². The predicted octanol–water partition coefficient (Wildman–Crippen LogP) is 4.84. The Morgan fingerprint density at radius 1 is 1.10 bits per heavy atom. The van der Waals surface area contributed by atoms with Gasteiger partial charge in [0.1, 0.15) is 0 Å². The van der Waals surface area contributed by atoms with E-state index < -0.39 is 17.7 Å². The highest BCUT2D eigenvalue weighted by molar-refractivity contribution is 5.67. The normalized spacial score (nSPS) is 23.6. The van der Waals surface area contributed by atoms with E-state index in [1.807, 2.05) is 0 Å². The van der Waals surface area contributed by atoms with Crippen LogP contribution in [0.25, 0.3) is 0 Å². The molecular weight excluding hydrogens is 281 g/mol. The summed E-state index contributed by atoms with van der Waals surface area (Å²) in [7, 11) is 0. The average Bonchev–Trinajstić information content (AvgIpc) is 2.63. The summed E-state index contributed by atoms with van der Waals surface area (Å²) in [6.07, 6.45) is 0.500. The topological polar surface area (TPSA) is 37.3 Å². The molecule has 0 saturated heterocycles. The lowest BCUT2D eigenvalue weighted by molar-refractivity contribution is -0.138. The molecule has 5 heteroatoms. The van der Waals surface area contributed by atoms with Crippen molar-refractivity contribution in [3.63, 3.8) is 0 Å². The molecule has 2 atom stereocenters. The fourth-order valence-electron chi connectivity index (χ4n) is 3.21. The number of aliphatic carboxylic acids is 1. The number of halogens is 3. The van der Waals surface area contributed by atoms with Gasteiger partial charge < -0.3 is 5.11 Å². The molecule has 2 nitrogen and oxygen atoms in total. The Kier molecular flexibility index (Phi) is 4.91. The molecule has 116 valence electrons. The highest BCUT2D eigenvalue weighted by atomic mass is 19.4. The number of hydrogen-bond acceptors (Lipinski definition) is 1. The summed E-state index contributed by atoms with van der Waals surface area (Å²) in [6.45, 7) is 0. The molecule has 2 rings (SSSR count). The summed E-state index contributed by atoms with van der Waals surface area (Å²) in [5, 5.41) is 9.02. The van der Waals surface area contributed by atoms with Gasteiger partial charge in [-0.1, -0.05) is 31.4 Å². The van der Waals surface area contributed by atoms with Crippen molar-refractivity contribution in [2.24, 2.45) is 5.92 Å². The SMILES string of the molecule is O=C(O)C[C@H]1CCCCCC1c1ccc(C(F)(F)F)cc1. The molecule has 0 bridgehead atoms. The van der Waals surface area contributed by atoms with E-state index in [4.69, 9.17) is 5.11 Å². The Labute approximate surface area is 122 Å². The second-order valence-electron chi connectivity index (χ2n) is 5.72. The minimum absolute atomic E-state index is 0.0155. The molecule has 0 amide bonds. The van der Waals surface area contributed by atoms with Crippen LogP contribution in [0.3, 0.4) is 0 Å². The zero-order valence-electron chi connectivity index (χ0n) is 11.7. The zero-order chi connectivity index (χ0) is 15.5.